The Bertz CT molecular complexity index is 1530. The molecule has 0 aliphatic carbocycles. The lowest BCUT2D eigenvalue weighted by Gasteiger charge is -2.29. The zero-order valence-corrected chi connectivity index (χ0v) is 19.1. The molecule has 0 heterocycles. The van der Waals surface area contributed by atoms with Crippen LogP contribution in [0.15, 0.2) is 133 Å². The fourth-order valence-corrected chi connectivity index (χ4v) is 4.98. The van der Waals surface area contributed by atoms with Gasteiger partial charge in [0.1, 0.15) is 0 Å². The van der Waals surface area contributed by atoms with Crippen LogP contribution >= 0.6 is 0 Å². The summed E-state index contributed by atoms with van der Waals surface area (Å²) < 4.78 is 0. The Hall–Kier alpha value is -4.36. The molecule has 1 heteroatoms. The van der Waals surface area contributed by atoms with Gasteiger partial charge in [-0.2, -0.15) is 0 Å². The summed E-state index contributed by atoms with van der Waals surface area (Å²) in [4.78, 5) is 2.40. The van der Waals surface area contributed by atoms with Crippen LogP contribution in [0.4, 0.5) is 17.1 Å². The van der Waals surface area contributed by atoms with E-state index in [0.717, 1.165) is 11.4 Å². The number of fused-ring (bicyclic) bond motifs is 2. The van der Waals surface area contributed by atoms with Gasteiger partial charge < -0.3 is 4.90 Å². The molecule has 162 valence electrons. The largest absolute Gasteiger partial charge is 0.309 e. The molecule has 1 nitrogen and oxygen atoms in total. The first kappa shape index (κ1) is 20.3. The molecule has 6 rings (SSSR count). The smallest absolute Gasteiger partial charge is 0.0618 e. The summed E-state index contributed by atoms with van der Waals surface area (Å²) in [6, 6.07) is 47.7. The van der Waals surface area contributed by atoms with Crippen LogP contribution in [0, 0.1) is 6.92 Å². The van der Waals surface area contributed by atoms with Crippen LogP contribution in [0.1, 0.15) is 5.56 Å². The molecular weight excluding hydrogens is 410 g/mol. The van der Waals surface area contributed by atoms with E-state index in [4.69, 9.17) is 0 Å². The molecule has 0 amide bonds. The topological polar surface area (TPSA) is 3.24 Å². The summed E-state index contributed by atoms with van der Waals surface area (Å²) in [6.07, 6.45) is 0. The van der Waals surface area contributed by atoms with E-state index in [2.05, 4.69) is 145 Å². The lowest BCUT2D eigenvalue weighted by atomic mass is 9.94. The molecule has 0 aliphatic heterocycles. The molecule has 0 aromatic heterocycles. The molecule has 0 bridgehead atoms. The lowest BCUT2D eigenvalue weighted by molar-refractivity contribution is 1.31. The maximum Gasteiger partial charge on any atom is 0.0618 e. The van der Waals surface area contributed by atoms with E-state index in [0.29, 0.717) is 0 Å². The Labute approximate surface area is 200 Å². The number of aryl methyl sites for hydroxylation is 1. The standard InChI is InChI=1S/C33H25N/c1-24-29-16-8-10-18-31(29)33(32-19-11-9-17-30(24)32)34(27-14-6-3-7-15-27)28-22-20-26(21-23-28)25-12-4-2-5-13-25/h2-23H,1H3. The van der Waals surface area contributed by atoms with Gasteiger partial charge in [0, 0.05) is 22.1 Å². The van der Waals surface area contributed by atoms with Gasteiger partial charge in [0.05, 0.1) is 5.69 Å². The van der Waals surface area contributed by atoms with Crippen LogP contribution in [0.3, 0.4) is 0 Å². The summed E-state index contributed by atoms with van der Waals surface area (Å²) in [5.41, 5.74) is 7.28. The van der Waals surface area contributed by atoms with E-state index in [9.17, 15) is 0 Å². The molecular formula is C33H25N. The van der Waals surface area contributed by atoms with Gasteiger partial charge in [0.25, 0.3) is 0 Å². The van der Waals surface area contributed by atoms with Gasteiger partial charge in [0.15, 0.2) is 0 Å². The van der Waals surface area contributed by atoms with E-state index in [1.807, 2.05) is 0 Å². The van der Waals surface area contributed by atoms with Gasteiger partial charge in [-0.15, -0.1) is 0 Å². The van der Waals surface area contributed by atoms with Crippen molar-refractivity contribution in [2.24, 2.45) is 0 Å². The molecule has 0 spiro atoms. The highest BCUT2D eigenvalue weighted by atomic mass is 15.1. The van der Waals surface area contributed by atoms with Crippen LogP contribution in [-0.2, 0) is 0 Å². The van der Waals surface area contributed by atoms with Crippen LogP contribution in [0.2, 0.25) is 0 Å². The highest BCUT2D eigenvalue weighted by Crippen LogP contribution is 2.45. The minimum atomic E-state index is 1.14. The minimum absolute atomic E-state index is 1.14. The second-order valence-corrected chi connectivity index (χ2v) is 8.65. The Morgan fingerprint density at radius 1 is 0.382 bits per heavy atom. The highest BCUT2D eigenvalue weighted by Gasteiger charge is 2.20. The molecule has 34 heavy (non-hydrogen) atoms. The molecule has 0 atom stereocenters. The van der Waals surface area contributed by atoms with E-state index in [-0.39, 0.29) is 0 Å². The molecule has 0 fully saturated rings. The van der Waals surface area contributed by atoms with Gasteiger partial charge in [-0.25, -0.2) is 0 Å². The highest BCUT2D eigenvalue weighted by molar-refractivity contribution is 6.16. The molecule has 0 unspecified atom stereocenters. The Kier molecular flexibility index (Phi) is 5.08. The number of rotatable bonds is 4. The van der Waals surface area contributed by atoms with Crippen molar-refractivity contribution in [1.29, 1.82) is 0 Å². The summed E-state index contributed by atoms with van der Waals surface area (Å²) in [5, 5.41) is 5.10. The van der Waals surface area contributed by atoms with Crippen molar-refractivity contribution < 1.29 is 0 Å². The maximum absolute atomic E-state index is 2.40. The quantitative estimate of drug-likeness (QED) is 0.249. The number of anilines is 3. The number of benzene rings is 6. The number of para-hydroxylation sites is 1. The third kappa shape index (κ3) is 3.43. The van der Waals surface area contributed by atoms with Gasteiger partial charge in [0.2, 0.25) is 0 Å². The average Bonchev–Trinajstić information content (AvgIpc) is 2.92. The van der Waals surface area contributed by atoms with E-state index in [1.165, 1.54) is 43.9 Å². The molecule has 0 aliphatic rings. The van der Waals surface area contributed by atoms with Gasteiger partial charge in [-0.05, 0) is 58.7 Å². The third-order valence-corrected chi connectivity index (χ3v) is 6.64. The summed E-state index contributed by atoms with van der Waals surface area (Å²) in [5.74, 6) is 0. The van der Waals surface area contributed by atoms with Gasteiger partial charge in [-0.3, -0.25) is 0 Å². The molecule has 0 N–H and O–H groups in total. The molecule has 0 saturated carbocycles. The second kappa shape index (κ2) is 8.53. The molecule has 0 saturated heterocycles. The Balaban J connectivity index is 1.64. The first-order valence-corrected chi connectivity index (χ1v) is 11.7. The Morgan fingerprint density at radius 2 is 0.794 bits per heavy atom. The first-order valence-electron chi connectivity index (χ1n) is 11.7. The van der Waals surface area contributed by atoms with Crippen LogP contribution in [0.5, 0.6) is 0 Å². The monoisotopic (exact) mass is 435 g/mol. The van der Waals surface area contributed by atoms with Crippen molar-refractivity contribution in [3.05, 3.63) is 139 Å². The summed E-state index contributed by atoms with van der Waals surface area (Å²) in [7, 11) is 0. The summed E-state index contributed by atoms with van der Waals surface area (Å²) in [6.45, 7) is 2.23. The van der Waals surface area contributed by atoms with Crippen LogP contribution < -0.4 is 4.90 Å². The number of hydrogen-bond acceptors (Lipinski definition) is 1. The van der Waals surface area contributed by atoms with Crippen molar-refractivity contribution >= 4 is 38.6 Å². The summed E-state index contributed by atoms with van der Waals surface area (Å²) >= 11 is 0. The maximum atomic E-state index is 2.40. The fourth-order valence-electron chi connectivity index (χ4n) is 4.98. The predicted octanol–water partition coefficient (Wildman–Crippen LogP) is 9.44. The van der Waals surface area contributed by atoms with Crippen molar-refractivity contribution in [3.8, 4) is 11.1 Å². The van der Waals surface area contributed by atoms with Gasteiger partial charge >= 0.3 is 0 Å². The normalized spacial score (nSPS) is 11.1. The van der Waals surface area contributed by atoms with Crippen molar-refractivity contribution in [2.45, 2.75) is 6.92 Å². The lowest BCUT2D eigenvalue weighted by Crippen LogP contribution is -2.11. The first-order chi connectivity index (χ1) is 16.8. The third-order valence-electron chi connectivity index (χ3n) is 6.64. The number of nitrogens with zero attached hydrogens (tertiary/aromatic N) is 1. The fraction of sp³-hybridized carbons (Fsp3) is 0.0303. The van der Waals surface area contributed by atoms with Gasteiger partial charge in [-0.1, -0.05) is 109 Å². The van der Waals surface area contributed by atoms with Crippen molar-refractivity contribution in [2.75, 3.05) is 4.90 Å². The van der Waals surface area contributed by atoms with E-state index >= 15 is 0 Å². The second-order valence-electron chi connectivity index (χ2n) is 8.65. The Morgan fingerprint density at radius 3 is 1.35 bits per heavy atom. The average molecular weight is 436 g/mol. The predicted molar refractivity (Wildman–Crippen MR) is 146 cm³/mol. The SMILES string of the molecule is Cc1c2ccccc2c(N(c2ccccc2)c2ccc(-c3ccccc3)cc2)c2ccccc12. The zero-order chi connectivity index (χ0) is 22.9. The molecule has 0 radical (unpaired) electrons. The molecule has 6 aromatic rings. The van der Waals surface area contributed by atoms with Crippen molar-refractivity contribution in [3.63, 3.8) is 0 Å². The van der Waals surface area contributed by atoms with Crippen molar-refractivity contribution in [1.82, 2.24) is 0 Å². The van der Waals surface area contributed by atoms with Crippen LogP contribution in [0.25, 0.3) is 32.7 Å². The minimum Gasteiger partial charge on any atom is -0.309 e. The zero-order valence-electron chi connectivity index (χ0n) is 19.1. The number of hydrogen-bond donors (Lipinski definition) is 0. The molecule has 6 aromatic carbocycles. The van der Waals surface area contributed by atoms with E-state index < -0.39 is 0 Å². The van der Waals surface area contributed by atoms with E-state index in [1.54, 1.807) is 0 Å². The van der Waals surface area contributed by atoms with Crippen LogP contribution in [-0.4, -0.2) is 0 Å².